The predicted octanol–water partition coefficient (Wildman–Crippen LogP) is 16.2. The van der Waals surface area contributed by atoms with Crippen molar-refractivity contribution in [1.29, 1.82) is 0 Å². The summed E-state index contributed by atoms with van der Waals surface area (Å²) in [6, 6.07) is 0. The number of aliphatic carboxylic acids is 2. The number of carbonyl (C=O) groups excluding carboxylic acids is 2. The zero-order chi connectivity index (χ0) is 49.9. The summed E-state index contributed by atoms with van der Waals surface area (Å²) in [5.74, 6) is 2.96. The van der Waals surface area contributed by atoms with Crippen molar-refractivity contribution in [2.45, 2.75) is 245 Å². The fourth-order valence-corrected chi connectivity index (χ4v) is 13.6. The molecule has 0 aromatic heterocycles. The number of carboxylic acid groups (broad SMARTS) is 2. The van der Waals surface area contributed by atoms with Gasteiger partial charge in [-0.25, -0.2) is 0 Å². The molecule has 0 amide bonds. The van der Waals surface area contributed by atoms with E-state index in [0.29, 0.717) is 38.6 Å². The Morgan fingerprint density at radius 3 is 1.06 bits per heavy atom. The quantitative estimate of drug-likeness (QED) is 0.0351. The summed E-state index contributed by atoms with van der Waals surface area (Å²) in [4.78, 5) is 48.0. The average molecular weight is 1160 g/mol. The number of ether oxygens (including phenoxy) is 2. The molecule has 0 spiro atoms. The first-order valence-electron chi connectivity index (χ1n) is 27.9. The van der Waals surface area contributed by atoms with E-state index in [1.54, 1.807) is 0 Å². The van der Waals surface area contributed by atoms with Gasteiger partial charge >= 0.3 is 23.9 Å². The van der Waals surface area contributed by atoms with Crippen LogP contribution < -0.4 is 0 Å². The summed E-state index contributed by atoms with van der Waals surface area (Å²) in [5, 5.41) is 29.8. The largest absolute Gasteiger partial charge is 0.481 e. The summed E-state index contributed by atoms with van der Waals surface area (Å²) in [7, 11) is 0. The summed E-state index contributed by atoms with van der Waals surface area (Å²) < 4.78 is 11.3. The van der Waals surface area contributed by atoms with Crippen LogP contribution in [0.3, 0.4) is 0 Å². The molecule has 0 heterocycles. The first kappa shape index (κ1) is 63.4. The van der Waals surface area contributed by atoms with Gasteiger partial charge in [0.2, 0.25) is 0 Å². The molecule has 0 aliphatic heterocycles. The van der Waals surface area contributed by atoms with Gasteiger partial charge in [0.1, 0.15) is 0 Å². The summed E-state index contributed by atoms with van der Waals surface area (Å²) in [6.07, 6.45) is 38.0. The Bertz CT molecular complexity index is 1240. The Balaban J connectivity index is 0.000000431. The van der Waals surface area contributed by atoms with E-state index in [9.17, 15) is 19.2 Å². The van der Waals surface area contributed by atoms with Crippen molar-refractivity contribution in [2.24, 2.45) is 46.3 Å². The van der Waals surface area contributed by atoms with Crippen LogP contribution in [0.1, 0.15) is 245 Å². The number of carbonyl (C=O) groups is 4. The predicted molar refractivity (Wildman–Crippen MR) is 289 cm³/mol. The van der Waals surface area contributed by atoms with Crippen LogP contribution in [0.4, 0.5) is 0 Å². The van der Waals surface area contributed by atoms with Crippen molar-refractivity contribution in [3.8, 4) is 0 Å². The zero-order valence-electron chi connectivity index (χ0n) is 43.1. The Labute approximate surface area is 440 Å². The van der Waals surface area contributed by atoms with E-state index in [0.717, 1.165) is 155 Å². The molecule has 0 radical (unpaired) electrons. The van der Waals surface area contributed by atoms with E-state index in [4.69, 9.17) is 24.8 Å². The van der Waals surface area contributed by atoms with Gasteiger partial charge in [-0.2, -0.15) is 0 Å². The van der Waals surface area contributed by atoms with Gasteiger partial charge in [0.05, 0.1) is 38.9 Å². The highest BCUT2D eigenvalue weighted by molar-refractivity contribution is 9.09. The van der Waals surface area contributed by atoms with Gasteiger partial charge in [-0.1, -0.05) is 152 Å². The number of hydrogen-bond donors (Lipinski definition) is 3. The Morgan fingerprint density at radius 2 is 0.750 bits per heavy atom. The highest BCUT2D eigenvalue weighted by Crippen LogP contribution is 2.51. The third kappa shape index (κ3) is 27.9. The van der Waals surface area contributed by atoms with Crippen LogP contribution in [0, 0.1) is 46.3 Å². The van der Waals surface area contributed by atoms with E-state index >= 15 is 0 Å². The molecule has 0 bridgehead atoms. The van der Waals surface area contributed by atoms with Crippen LogP contribution in [0.15, 0.2) is 0 Å². The number of halogens is 3. The van der Waals surface area contributed by atoms with Crippen LogP contribution >= 0.6 is 47.8 Å². The molecule has 68 heavy (non-hydrogen) atoms. The molecule has 398 valence electrons. The Hall–Kier alpha value is -0.720. The number of alkyl halides is 3. The topological polar surface area (TPSA) is 147 Å². The first-order valence-corrected chi connectivity index (χ1v) is 31.3. The van der Waals surface area contributed by atoms with Crippen molar-refractivity contribution in [1.82, 2.24) is 0 Å². The van der Waals surface area contributed by atoms with Crippen molar-refractivity contribution < 1.29 is 44.0 Å². The molecule has 4 aliphatic rings. The molecule has 4 fully saturated rings. The van der Waals surface area contributed by atoms with Crippen LogP contribution in [-0.2, 0) is 28.7 Å². The average Bonchev–Trinajstić information content (AvgIpc) is 3.31. The van der Waals surface area contributed by atoms with Gasteiger partial charge in [0.15, 0.2) is 0 Å². The van der Waals surface area contributed by atoms with E-state index < -0.39 is 17.4 Å². The van der Waals surface area contributed by atoms with Gasteiger partial charge in [-0.3, -0.25) is 19.2 Å². The smallest absolute Gasteiger partial charge is 0.306 e. The van der Waals surface area contributed by atoms with Gasteiger partial charge < -0.3 is 24.8 Å². The molecule has 9 nitrogen and oxygen atoms in total. The van der Waals surface area contributed by atoms with Gasteiger partial charge in [0, 0.05) is 22.6 Å². The minimum atomic E-state index is -0.857. The molecule has 4 aliphatic carbocycles. The SMILES string of the molecule is CCCC1CCC(C2CCC(CC(=O)O)(CC(=O)O)CC2)CC1.CCCC1CCC(C2CCC(CC(=O)OCCCCCCBr)(CC(=O)OCCCCCCBr)CC2)CC1.OCCCCCCBr. The molecule has 0 atom stereocenters. The van der Waals surface area contributed by atoms with Gasteiger partial charge in [-0.05, 0) is 162 Å². The lowest BCUT2D eigenvalue weighted by molar-refractivity contribution is -0.153. The van der Waals surface area contributed by atoms with E-state index in [-0.39, 0.29) is 30.2 Å². The van der Waals surface area contributed by atoms with Crippen LogP contribution in [-0.4, -0.2) is 75.0 Å². The van der Waals surface area contributed by atoms with Crippen molar-refractivity contribution in [2.75, 3.05) is 35.8 Å². The number of esters is 2. The highest BCUT2D eigenvalue weighted by Gasteiger charge is 2.43. The van der Waals surface area contributed by atoms with Crippen LogP contribution in [0.2, 0.25) is 0 Å². The van der Waals surface area contributed by atoms with Gasteiger partial charge in [0.25, 0.3) is 0 Å². The lowest BCUT2D eigenvalue weighted by atomic mass is 9.62. The maximum Gasteiger partial charge on any atom is 0.306 e. The molecule has 3 N–H and O–H groups in total. The summed E-state index contributed by atoms with van der Waals surface area (Å²) in [6.45, 7) is 5.91. The van der Waals surface area contributed by atoms with Crippen molar-refractivity contribution in [3.05, 3.63) is 0 Å². The highest BCUT2D eigenvalue weighted by atomic mass is 79.9. The standard InChI is InChI=1S/C31H54Br2O4.C19H32O4.C6H13BrO/c1-2-11-26-12-14-27(15-13-26)28-16-18-31(19-17-28,24-29(34)36-22-9-5-3-7-20-32)25-30(35)37-23-10-6-4-8-21-33;1-2-3-14-4-6-15(7-5-14)16-8-10-19(11-9-16,12-17(20)21)13-18(22)23;7-5-3-1-2-4-6-8/h26-28H,2-25H2,1H3;14-16H,2-13H2,1H3,(H,20,21)(H,22,23);8H,1-6H2. The van der Waals surface area contributed by atoms with E-state index in [1.165, 1.54) is 96.3 Å². The number of aliphatic hydroxyl groups excluding tert-OH is 1. The molecule has 0 aromatic rings. The van der Waals surface area contributed by atoms with Crippen LogP contribution in [0.5, 0.6) is 0 Å². The summed E-state index contributed by atoms with van der Waals surface area (Å²) >= 11 is 10.3. The lowest BCUT2D eigenvalue weighted by Crippen LogP contribution is -2.36. The molecular formula is C56H99Br3O9. The Kier molecular flexibility index (Phi) is 36.2. The lowest BCUT2D eigenvalue weighted by Gasteiger charge is -2.43. The third-order valence-corrected chi connectivity index (χ3v) is 18.1. The molecule has 4 rings (SSSR count). The fraction of sp³-hybridized carbons (Fsp3) is 0.929. The second kappa shape index (κ2) is 38.8. The van der Waals surface area contributed by atoms with Crippen LogP contribution in [0.25, 0.3) is 0 Å². The van der Waals surface area contributed by atoms with Crippen molar-refractivity contribution in [3.63, 3.8) is 0 Å². The third-order valence-electron chi connectivity index (χ3n) is 16.4. The number of carboxylic acids is 2. The zero-order valence-corrected chi connectivity index (χ0v) is 47.8. The molecule has 0 unspecified atom stereocenters. The molecule has 4 saturated carbocycles. The molecule has 12 heteroatoms. The van der Waals surface area contributed by atoms with Crippen molar-refractivity contribution >= 4 is 71.7 Å². The Morgan fingerprint density at radius 1 is 0.441 bits per heavy atom. The van der Waals surface area contributed by atoms with E-state index in [2.05, 4.69) is 61.6 Å². The number of hydrogen-bond acceptors (Lipinski definition) is 7. The monoisotopic (exact) mass is 1150 g/mol. The number of unbranched alkanes of at least 4 members (excludes halogenated alkanes) is 9. The normalized spacial score (nSPS) is 22.7. The maximum absolute atomic E-state index is 12.8. The number of rotatable bonds is 31. The number of aliphatic hydroxyl groups is 1. The fourth-order valence-electron chi connectivity index (χ4n) is 12.4. The molecular weight excluding hydrogens is 1060 g/mol. The second-order valence-electron chi connectivity index (χ2n) is 21.8. The summed E-state index contributed by atoms with van der Waals surface area (Å²) in [5.41, 5.74) is -0.788. The molecule has 0 saturated heterocycles. The minimum absolute atomic E-state index is 0.00919. The first-order chi connectivity index (χ1) is 32.9. The second-order valence-corrected chi connectivity index (χ2v) is 24.2. The van der Waals surface area contributed by atoms with E-state index in [1.807, 2.05) is 0 Å². The minimum Gasteiger partial charge on any atom is -0.481 e. The molecule has 0 aromatic carbocycles. The maximum atomic E-state index is 12.8. The van der Waals surface area contributed by atoms with Gasteiger partial charge in [-0.15, -0.1) is 0 Å².